The van der Waals surface area contributed by atoms with Crippen LogP contribution in [0.5, 0.6) is 0 Å². The van der Waals surface area contributed by atoms with E-state index in [1.54, 1.807) is 6.92 Å². The number of aliphatic hydroxyl groups is 1. The van der Waals surface area contributed by atoms with Crippen molar-refractivity contribution in [3.05, 3.63) is 12.2 Å². The molecule has 0 amide bonds. The molecule has 1 rings (SSSR count). The number of esters is 1. The highest BCUT2D eigenvalue weighted by Gasteiger charge is 2.28. The molecule has 0 aromatic carbocycles. The van der Waals surface area contributed by atoms with Crippen LogP contribution in [0.3, 0.4) is 0 Å². The third-order valence-electron chi connectivity index (χ3n) is 3.13. The van der Waals surface area contributed by atoms with Gasteiger partial charge in [0.25, 0.3) is 0 Å². The second kappa shape index (κ2) is 6.74. The highest BCUT2D eigenvalue weighted by molar-refractivity contribution is 5.86. The van der Waals surface area contributed by atoms with E-state index in [1.165, 1.54) is 0 Å². The monoisotopic (exact) mass is 244 g/mol. The van der Waals surface area contributed by atoms with Crippen LogP contribution in [0.2, 0.25) is 0 Å². The summed E-state index contributed by atoms with van der Waals surface area (Å²) < 4.78 is 4.95. The molecule has 1 aliphatic rings. The van der Waals surface area contributed by atoms with Gasteiger partial charge in [0.05, 0.1) is 6.10 Å². The molecule has 0 radical (unpaired) electrons. The molecule has 0 spiro atoms. The molecule has 1 fully saturated rings. The molecule has 5 heteroatoms. The van der Waals surface area contributed by atoms with E-state index >= 15 is 0 Å². The second-order valence-electron chi connectivity index (χ2n) is 4.59. The third-order valence-corrected chi connectivity index (χ3v) is 3.13. The van der Waals surface area contributed by atoms with Crippen LogP contribution in [0.15, 0.2) is 12.2 Å². The standard InChI is InChI=1S/C12H20O5/c1-8(2)12(14)16-7-11(17-15)9-3-5-10(13)6-4-9/h9-11,13,15H,1,3-7H2,2H3. The Labute approximate surface area is 101 Å². The molecule has 0 bridgehead atoms. The zero-order chi connectivity index (χ0) is 12.8. The van der Waals surface area contributed by atoms with Crippen molar-refractivity contribution in [2.45, 2.75) is 44.8 Å². The van der Waals surface area contributed by atoms with Crippen molar-refractivity contribution in [2.75, 3.05) is 6.61 Å². The van der Waals surface area contributed by atoms with Crippen molar-refractivity contribution in [1.29, 1.82) is 0 Å². The van der Waals surface area contributed by atoms with Crippen molar-refractivity contribution in [2.24, 2.45) is 5.92 Å². The average Bonchev–Trinajstić information content (AvgIpc) is 2.31. The fraction of sp³-hybridized carbons (Fsp3) is 0.750. The molecule has 0 saturated heterocycles. The number of carbonyl (C=O) groups excluding carboxylic acids is 1. The van der Waals surface area contributed by atoms with Crippen LogP contribution >= 0.6 is 0 Å². The minimum Gasteiger partial charge on any atom is -0.459 e. The van der Waals surface area contributed by atoms with Crippen molar-refractivity contribution in [3.63, 3.8) is 0 Å². The number of rotatable bonds is 5. The molecule has 17 heavy (non-hydrogen) atoms. The zero-order valence-electron chi connectivity index (χ0n) is 10.1. The molecule has 0 heterocycles. The Hall–Kier alpha value is -0.910. The van der Waals surface area contributed by atoms with E-state index in [0.29, 0.717) is 18.4 Å². The Morgan fingerprint density at radius 3 is 2.47 bits per heavy atom. The van der Waals surface area contributed by atoms with Crippen LogP contribution in [0.4, 0.5) is 0 Å². The van der Waals surface area contributed by atoms with Gasteiger partial charge in [0.15, 0.2) is 0 Å². The first-order valence-corrected chi connectivity index (χ1v) is 5.85. The maximum Gasteiger partial charge on any atom is 0.333 e. The Bertz CT molecular complexity index is 268. The number of carbonyl (C=O) groups is 1. The van der Waals surface area contributed by atoms with Gasteiger partial charge in [0, 0.05) is 5.57 Å². The normalized spacial score (nSPS) is 26.3. The Morgan fingerprint density at radius 1 is 1.41 bits per heavy atom. The summed E-state index contributed by atoms with van der Waals surface area (Å²) in [5.74, 6) is -0.371. The lowest BCUT2D eigenvalue weighted by Crippen LogP contribution is -2.33. The molecule has 1 unspecified atom stereocenters. The minimum atomic E-state index is -0.522. The fourth-order valence-electron chi connectivity index (χ4n) is 2.01. The predicted molar refractivity (Wildman–Crippen MR) is 61.2 cm³/mol. The first-order chi connectivity index (χ1) is 8.04. The average molecular weight is 244 g/mol. The quantitative estimate of drug-likeness (QED) is 0.332. The summed E-state index contributed by atoms with van der Waals surface area (Å²) in [4.78, 5) is 15.6. The first-order valence-electron chi connectivity index (χ1n) is 5.85. The number of ether oxygens (including phenoxy) is 1. The van der Waals surface area contributed by atoms with Gasteiger partial charge >= 0.3 is 5.97 Å². The van der Waals surface area contributed by atoms with E-state index in [0.717, 1.165) is 12.8 Å². The van der Waals surface area contributed by atoms with Crippen molar-refractivity contribution < 1.29 is 24.8 Å². The topological polar surface area (TPSA) is 76.0 Å². The van der Waals surface area contributed by atoms with E-state index in [4.69, 9.17) is 9.99 Å². The van der Waals surface area contributed by atoms with Gasteiger partial charge in [-0.3, -0.25) is 5.26 Å². The molecule has 1 aliphatic carbocycles. The van der Waals surface area contributed by atoms with Gasteiger partial charge in [-0.25, -0.2) is 9.68 Å². The lowest BCUT2D eigenvalue weighted by atomic mass is 9.84. The summed E-state index contributed by atoms with van der Waals surface area (Å²) in [6, 6.07) is 0. The Balaban J connectivity index is 2.37. The highest BCUT2D eigenvalue weighted by Crippen LogP contribution is 2.28. The molecule has 1 atom stereocenters. The van der Waals surface area contributed by atoms with E-state index in [2.05, 4.69) is 11.5 Å². The van der Waals surface area contributed by atoms with Crippen molar-refractivity contribution in [3.8, 4) is 0 Å². The van der Waals surface area contributed by atoms with E-state index in [9.17, 15) is 9.90 Å². The SMILES string of the molecule is C=C(C)C(=O)OCC(OO)C1CCC(O)CC1. The maximum atomic E-state index is 11.2. The molecule has 1 saturated carbocycles. The molecule has 2 N–H and O–H groups in total. The van der Waals surface area contributed by atoms with Crippen LogP contribution in [0.1, 0.15) is 32.6 Å². The van der Waals surface area contributed by atoms with Crippen LogP contribution < -0.4 is 0 Å². The molecule has 5 nitrogen and oxygen atoms in total. The molecule has 0 aliphatic heterocycles. The molecular weight excluding hydrogens is 224 g/mol. The van der Waals surface area contributed by atoms with Gasteiger partial charge in [0.2, 0.25) is 0 Å². The van der Waals surface area contributed by atoms with Crippen LogP contribution in [-0.2, 0) is 14.4 Å². The lowest BCUT2D eigenvalue weighted by Gasteiger charge is -2.29. The lowest BCUT2D eigenvalue weighted by molar-refractivity contribution is -0.299. The molecular formula is C12H20O5. The largest absolute Gasteiger partial charge is 0.459 e. The van der Waals surface area contributed by atoms with Gasteiger partial charge in [-0.15, -0.1) is 0 Å². The summed E-state index contributed by atoms with van der Waals surface area (Å²) >= 11 is 0. The zero-order valence-corrected chi connectivity index (χ0v) is 10.1. The van der Waals surface area contributed by atoms with Crippen LogP contribution in [-0.4, -0.2) is 35.1 Å². The predicted octanol–water partition coefficient (Wildman–Crippen LogP) is 1.51. The first kappa shape index (κ1) is 14.2. The summed E-state index contributed by atoms with van der Waals surface area (Å²) in [6.45, 7) is 5.05. The van der Waals surface area contributed by atoms with E-state index < -0.39 is 12.1 Å². The van der Waals surface area contributed by atoms with Crippen LogP contribution in [0.25, 0.3) is 0 Å². The summed E-state index contributed by atoms with van der Waals surface area (Å²) in [7, 11) is 0. The smallest absolute Gasteiger partial charge is 0.333 e. The Kier molecular flexibility index (Phi) is 5.61. The molecule has 98 valence electrons. The van der Waals surface area contributed by atoms with Gasteiger partial charge in [0.1, 0.15) is 12.7 Å². The maximum absolute atomic E-state index is 11.2. The van der Waals surface area contributed by atoms with Gasteiger partial charge in [-0.05, 0) is 38.5 Å². The molecule has 0 aromatic heterocycles. The Morgan fingerprint density at radius 2 is 2.00 bits per heavy atom. The van der Waals surface area contributed by atoms with Gasteiger partial charge < -0.3 is 9.84 Å². The summed E-state index contributed by atoms with van der Waals surface area (Å²) in [5, 5.41) is 18.2. The highest BCUT2D eigenvalue weighted by atomic mass is 17.1. The summed E-state index contributed by atoms with van der Waals surface area (Å²) in [6.07, 6.45) is 2.13. The van der Waals surface area contributed by atoms with Crippen LogP contribution in [0, 0.1) is 5.92 Å². The van der Waals surface area contributed by atoms with E-state index in [-0.39, 0.29) is 18.6 Å². The fourth-order valence-corrected chi connectivity index (χ4v) is 2.01. The molecule has 0 aromatic rings. The van der Waals surface area contributed by atoms with Gasteiger partial charge in [-0.1, -0.05) is 6.58 Å². The third kappa shape index (κ3) is 4.46. The number of aliphatic hydroxyl groups excluding tert-OH is 1. The van der Waals surface area contributed by atoms with E-state index in [1.807, 2.05) is 0 Å². The second-order valence-corrected chi connectivity index (χ2v) is 4.59. The minimum absolute atomic E-state index is 0.0168. The summed E-state index contributed by atoms with van der Waals surface area (Å²) in [5.41, 5.74) is 0.320. The number of hydrogen-bond donors (Lipinski definition) is 2. The van der Waals surface area contributed by atoms with Gasteiger partial charge in [-0.2, -0.15) is 0 Å². The van der Waals surface area contributed by atoms with Crippen molar-refractivity contribution in [1.82, 2.24) is 0 Å². The van der Waals surface area contributed by atoms with Crippen molar-refractivity contribution >= 4 is 5.97 Å². The number of hydrogen-bond acceptors (Lipinski definition) is 5.